The minimum absolute atomic E-state index is 0.00926. The maximum Gasteiger partial charge on any atom is 0.0596 e. The van der Waals surface area contributed by atoms with Crippen LogP contribution in [0.2, 0.25) is 0 Å². The fourth-order valence-electron chi connectivity index (χ4n) is 1.60. The van der Waals surface area contributed by atoms with Crippen molar-refractivity contribution in [3.63, 3.8) is 0 Å². The van der Waals surface area contributed by atoms with E-state index in [1.807, 2.05) is 0 Å². The summed E-state index contributed by atoms with van der Waals surface area (Å²) >= 11 is 0. The molecule has 1 heteroatoms. The average Bonchev–Trinajstić information content (AvgIpc) is 1.81. The van der Waals surface area contributed by atoms with E-state index in [0.717, 1.165) is 0 Å². The summed E-state index contributed by atoms with van der Waals surface area (Å²) in [6.45, 7) is 6.48. The summed E-state index contributed by atoms with van der Waals surface area (Å²) in [7, 11) is 0. The van der Waals surface area contributed by atoms with Gasteiger partial charge in [0, 0.05) is 0 Å². The summed E-state index contributed by atoms with van der Waals surface area (Å²) in [4.78, 5) is 0. The van der Waals surface area contributed by atoms with Crippen molar-refractivity contribution in [2.75, 3.05) is 0 Å². The first-order valence-corrected chi connectivity index (χ1v) is 3.81. The molecule has 54 valence electrons. The third kappa shape index (κ3) is 1.11. The topological polar surface area (TPSA) is 20.2 Å². The van der Waals surface area contributed by atoms with Gasteiger partial charge in [-0.2, -0.15) is 0 Å². The second-order valence-electron chi connectivity index (χ2n) is 3.61. The molecule has 0 aromatic heterocycles. The van der Waals surface area contributed by atoms with Crippen LogP contribution in [-0.4, -0.2) is 11.2 Å². The van der Waals surface area contributed by atoms with Gasteiger partial charge in [-0.1, -0.05) is 20.8 Å². The van der Waals surface area contributed by atoms with Crippen LogP contribution in [0, 0.1) is 17.8 Å². The lowest BCUT2D eigenvalue weighted by Gasteiger charge is -2.41. The summed E-state index contributed by atoms with van der Waals surface area (Å²) in [6, 6.07) is 0. The standard InChI is InChI=1S/C8H16O/c1-5(2)7-4-6(3)8(7)9/h5-9H,4H2,1-3H3. The third-order valence-electron chi connectivity index (χ3n) is 2.52. The highest BCUT2D eigenvalue weighted by Crippen LogP contribution is 2.38. The molecule has 0 aliphatic heterocycles. The monoisotopic (exact) mass is 128 g/mol. The Kier molecular flexibility index (Phi) is 1.80. The van der Waals surface area contributed by atoms with Gasteiger partial charge in [-0.25, -0.2) is 0 Å². The molecule has 0 radical (unpaired) electrons. The van der Waals surface area contributed by atoms with Gasteiger partial charge in [0.2, 0.25) is 0 Å². The van der Waals surface area contributed by atoms with Crippen molar-refractivity contribution in [1.82, 2.24) is 0 Å². The number of aliphatic hydroxyl groups excluding tert-OH is 1. The quantitative estimate of drug-likeness (QED) is 0.569. The van der Waals surface area contributed by atoms with Crippen LogP contribution in [0.3, 0.4) is 0 Å². The smallest absolute Gasteiger partial charge is 0.0596 e. The molecule has 3 atom stereocenters. The second kappa shape index (κ2) is 2.30. The predicted molar refractivity (Wildman–Crippen MR) is 38.1 cm³/mol. The molecule has 0 spiro atoms. The molecule has 1 N–H and O–H groups in total. The number of rotatable bonds is 1. The molecule has 1 aliphatic carbocycles. The van der Waals surface area contributed by atoms with Gasteiger partial charge in [0.1, 0.15) is 0 Å². The summed E-state index contributed by atoms with van der Waals surface area (Å²) in [5.74, 6) is 1.80. The van der Waals surface area contributed by atoms with Crippen LogP contribution >= 0.6 is 0 Å². The maximum absolute atomic E-state index is 9.35. The van der Waals surface area contributed by atoms with Crippen LogP contribution in [0.15, 0.2) is 0 Å². The van der Waals surface area contributed by atoms with E-state index >= 15 is 0 Å². The van der Waals surface area contributed by atoms with Crippen molar-refractivity contribution >= 4 is 0 Å². The van der Waals surface area contributed by atoms with Gasteiger partial charge in [-0.05, 0) is 24.2 Å². The van der Waals surface area contributed by atoms with E-state index in [9.17, 15) is 5.11 Å². The molecule has 0 amide bonds. The lowest BCUT2D eigenvalue weighted by molar-refractivity contribution is -0.0540. The van der Waals surface area contributed by atoms with Gasteiger partial charge in [-0.15, -0.1) is 0 Å². The van der Waals surface area contributed by atoms with E-state index < -0.39 is 0 Å². The zero-order chi connectivity index (χ0) is 7.02. The van der Waals surface area contributed by atoms with E-state index in [1.54, 1.807) is 0 Å². The SMILES string of the molecule is CC(C)C1CC(C)C1O. The lowest BCUT2D eigenvalue weighted by Crippen LogP contribution is -2.42. The number of hydrogen-bond donors (Lipinski definition) is 1. The molecule has 1 fully saturated rings. The second-order valence-corrected chi connectivity index (χ2v) is 3.61. The van der Waals surface area contributed by atoms with Crippen molar-refractivity contribution in [1.29, 1.82) is 0 Å². The molecule has 0 heterocycles. The van der Waals surface area contributed by atoms with Crippen LogP contribution in [0.25, 0.3) is 0 Å². The molecule has 0 saturated heterocycles. The Hall–Kier alpha value is -0.0400. The van der Waals surface area contributed by atoms with Gasteiger partial charge in [0.25, 0.3) is 0 Å². The molecule has 1 saturated carbocycles. The zero-order valence-corrected chi connectivity index (χ0v) is 6.46. The maximum atomic E-state index is 9.35. The van der Waals surface area contributed by atoms with Crippen molar-refractivity contribution in [2.45, 2.75) is 33.3 Å². The Labute approximate surface area is 57.1 Å². The summed E-state index contributed by atoms with van der Waals surface area (Å²) in [5, 5.41) is 9.35. The van der Waals surface area contributed by atoms with Crippen molar-refractivity contribution in [3.05, 3.63) is 0 Å². The van der Waals surface area contributed by atoms with E-state index in [-0.39, 0.29) is 6.10 Å². The van der Waals surface area contributed by atoms with Gasteiger partial charge in [0.05, 0.1) is 6.10 Å². The average molecular weight is 128 g/mol. The summed E-state index contributed by atoms with van der Waals surface area (Å²) in [5.41, 5.74) is 0. The van der Waals surface area contributed by atoms with Gasteiger partial charge >= 0.3 is 0 Å². The number of hydrogen-bond acceptors (Lipinski definition) is 1. The molecular formula is C8H16O. The normalized spacial score (nSPS) is 43.0. The molecule has 0 aromatic rings. The predicted octanol–water partition coefficient (Wildman–Crippen LogP) is 1.66. The molecule has 9 heavy (non-hydrogen) atoms. The van der Waals surface area contributed by atoms with Crippen molar-refractivity contribution in [2.24, 2.45) is 17.8 Å². The lowest BCUT2D eigenvalue weighted by atomic mass is 9.68. The van der Waals surface area contributed by atoms with Crippen LogP contribution in [0.5, 0.6) is 0 Å². The van der Waals surface area contributed by atoms with E-state index in [2.05, 4.69) is 20.8 Å². The fraction of sp³-hybridized carbons (Fsp3) is 1.00. The third-order valence-corrected chi connectivity index (χ3v) is 2.52. The minimum Gasteiger partial charge on any atom is -0.393 e. The first kappa shape index (κ1) is 7.07. The fourth-order valence-corrected chi connectivity index (χ4v) is 1.60. The van der Waals surface area contributed by atoms with E-state index in [0.29, 0.717) is 17.8 Å². The van der Waals surface area contributed by atoms with Crippen LogP contribution in [-0.2, 0) is 0 Å². The Bertz CT molecular complexity index is 98.7. The van der Waals surface area contributed by atoms with Gasteiger partial charge in [0.15, 0.2) is 0 Å². The molecule has 3 unspecified atom stereocenters. The van der Waals surface area contributed by atoms with Crippen molar-refractivity contribution in [3.8, 4) is 0 Å². The molecule has 1 nitrogen and oxygen atoms in total. The Balaban J connectivity index is 2.33. The highest BCUT2D eigenvalue weighted by molar-refractivity contribution is 4.87. The molecule has 0 bridgehead atoms. The highest BCUT2D eigenvalue weighted by Gasteiger charge is 2.37. The van der Waals surface area contributed by atoms with Crippen LogP contribution < -0.4 is 0 Å². The molecule has 1 rings (SSSR count). The van der Waals surface area contributed by atoms with Gasteiger partial charge in [-0.3, -0.25) is 0 Å². The largest absolute Gasteiger partial charge is 0.393 e. The Morgan fingerprint density at radius 2 is 2.00 bits per heavy atom. The first-order chi connectivity index (χ1) is 4.13. The van der Waals surface area contributed by atoms with Crippen LogP contribution in [0.1, 0.15) is 27.2 Å². The van der Waals surface area contributed by atoms with E-state index in [1.165, 1.54) is 6.42 Å². The number of aliphatic hydroxyl groups is 1. The minimum atomic E-state index is -0.00926. The molecule has 1 aliphatic rings. The summed E-state index contributed by atoms with van der Waals surface area (Å²) < 4.78 is 0. The Morgan fingerprint density at radius 3 is 2.11 bits per heavy atom. The van der Waals surface area contributed by atoms with Crippen molar-refractivity contribution < 1.29 is 5.11 Å². The summed E-state index contributed by atoms with van der Waals surface area (Å²) in [6.07, 6.45) is 1.21. The zero-order valence-electron chi connectivity index (χ0n) is 6.46. The van der Waals surface area contributed by atoms with Crippen LogP contribution in [0.4, 0.5) is 0 Å². The first-order valence-electron chi connectivity index (χ1n) is 3.81. The molecule has 0 aromatic carbocycles. The van der Waals surface area contributed by atoms with E-state index in [4.69, 9.17) is 0 Å². The molecular weight excluding hydrogens is 112 g/mol. The Morgan fingerprint density at radius 1 is 1.44 bits per heavy atom. The van der Waals surface area contributed by atoms with Gasteiger partial charge < -0.3 is 5.11 Å². The highest BCUT2D eigenvalue weighted by atomic mass is 16.3.